The molecule has 0 spiro atoms. The van der Waals surface area contributed by atoms with Gasteiger partial charge < -0.3 is 5.32 Å². The SMILES string of the molecule is CNC(c1cnc2ccccc2c1)c1ccccc1F. The lowest BCUT2D eigenvalue weighted by atomic mass is 9.98. The minimum atomic E-state index is -0.208. The number of hydrogen-bond acceptors (Lipinski definition) is 2. The third-order valence-electron chi connectivity index (χ3n) is 3.45. The van der Waals surface area contributed by atoms with Crippen LogP contribution in [0.15, 0.2) is 60.8 Å². The first-order chi connectivity index (χ1) is 9.79. The van der Waals surface area contributed by atoms with Crippen LogP contribution >= 0.6 is 0 Å². The zero-order valence-corrected chi connectivity index (χ0v) is 11.2. The number of pyridine rings is 1. The number of aromatic nitrogens is 1. The van der Waals surface area contributed by atoms with Gasteiger partial charge in [0, 0.05) is 17.1 Å². The molecule has 0 aliphatic rings. The zero-order valence-electron chi connectivity index (χ0n) is 11.2. The summed E-state index contributed by atoms with van der Waals surface area (Å²) in [5.74, 6) is -0.208. The number of hydrogen-bond donors (Lipinski definition) is 1. The summed E-state index contributed by atoms with van der Waals surface area (Å²) in [6, 6.07) is 16.6. The lowest BCUT2D eigenvalue weighted by molar-refractivity contribution is 0.576. The van der Waals surface area contributed by atoms with Crippen LogP contribution in [-0.2, 0) is 0 Å². The lowest BCUT2D eigenvalue weighted by Crippen LogP contribution is -2.19. The fourth-order valence-electron chi connectivity index (χ4n) is 2.46. The van der Waals surface area contributed by atoms with Crippen molar-refractivity contribution in [2.75, 3.05) is 7.05 Å². The average molecular weight is 266 g/mol. The van der Waals surface area contributed by atoms with Crippen molar-refractivity contribution >= 4 is 10.9 Å². The van der Waals surface area contributed by atoms with E-state index in [1.165, 1.54) is 6.07 Å². The summed E-state index contributed by atoms with van der Waals surface area (Å²) in [7, 11) is 1.83. The maximum Gasteiger partial charge on any atom is 0.128 e. The van der Waals surface area contributed by atoms with Gasteiger partial charge in [-0.2, -0.15) is 0 Å². The Kier molecular flexibility index (Phi) is 3.44. The van der Waals surface area contributed by atoms with E-state index in [0.29, 0.717) is 5.56 Å². The van der Waals surface area contributed by atoms with Crippen molar-refractivity contribution < 1.29 is 4.39 Å². The van der Waals surface area contributed by atoms with E-state index in [1.54, 1.807) is 18.3 Å². The van der Waals surface area contributed by atoms with Crippen LogP contribution in [-0.4, -0.2) is 12.0 Å². The number of rotatable bonds is 3. The Hall–Kier alpha value is -2.26. The van der Waals surface area contributed by atoms with Gasteiger partial charge in [0.15, 0.2) is 0 Å². The molecule has 3 rings (SSSR count). The van der Waals surface area contributed by atoms with Gasteiger partial charge in [0.05, 0.1) is 11.6 Å². The Balaban J connectivity index is 2.10. The molecular weight excluding hydrogens is 251 g/mol. The van der Waals surface area contributed by atoms with Crippen molar-refractivity contribution in [2.45, 2.75) is 6.04 Å². The quantitative estimate of drug-likeness (QED) is 0.782. The first-order valence-electron chi connectivity index (χ1n) is 6.56. The first kappa shape index (κ1) is 12.8. The number of benzene rings is 2. The van der Waals surface area contributed by atoms with E-state index in [-0.39, 0.29) is 11.9 Å². The Bertz CT molecular complexity index is 740. The molecule has 0 aliphatic heterocycles. The van der Waals surface area contributed by atoms with Crippen LogP contribution in [0.25, 0.3) is 10.9 Å². The predicted molar refractivity (Wildman–Crippen MR) is 79.0 cm³/mol. The molecule has 0 fully saturated rings. The van der Waals surface area contributed by atoms with Crippen molar-refractivity contribution in [1.82, 2.24) is 10.3 Å². The van der Waals surface area contributed by atoms with Crippen molar-refractivity contribution in [2.24, 2.45) is 0 Å². The van der Waals surface area contributed by atoms with Crippen molar-refractivity contribution in [3.63, 3.8) is 0 Å². The second kappa shape index (κ2) is 5.39. The number of fused-ring (bicyclic) bond motifs is 1. The summed E-state index contributed by atoms with van der Waals surface area (Å²) in [6.07, 6.45) is 1.80. The first-order valence-corrected chi connectivity index (χ1v) is 6.56. The molecule has 1 atom stereocenters. The summed E-state index contributed by atoms with van der Waals surface area (Å²) in [5.41, 5.74) is 2.53. The molecule has 2 aromatic carbocycles. The zero-order chi connectivity index (χ0) is 13.9. The average Bonchev–Trinajstić information content (AvgIpc) is 2.50. The van der Waals surface area contributed by atoms with E-state index < -0.39 is 0 Å². The van der Waals surface area contributed by atoms with Crippen LogP contribution in [0.2, 0.25) is 0 Å². The molecule has 1 aromatic heterocycles. The maximum absolute atomic E-state index is 14.0. The Morgan fingerprint density at radius 2 is 1.80 bits per heavy atom. The molecule has 2 nitrogen and oxygen atoms in total. The topological polar surface area (TPSA) is 24.9 Å². The largest absolute Gasteiger partial charge is 0.309 e. The van der Waals surface area contributed by atoms with Gasteiger partial charge in [-0.3, -0.25) is 4.98 Å². The van der Waals surface area contributed by atoms with Crippen molar-refractivity contribution in [3.05, 3.63) is 77.7 Å². The summed E-state index contributed by atoms with van der Waals surface area (Å²) in [5, 5.41) is 4.22. The molecule has 3 aromatic rings. The monoisotopic (exact) mass is 266 g/mol. The van der Waals surface area contributed by atoms with Crippen molar-refractivity contribution in [1.29, 1.82) is 0 Å². The van der Waals surface area contributed by atoms with Crippen LogP contribution in [0.3, 0.4) is 0 Å². The fourth-order valence-corrected chi connectivity index (χ4v) is 2.46. The smallest absolute Gasteiger partial charge is 0.128 e. The highest BCUT2D eigenvalue weighted by Crippen LogP contribution is 2.25. The molecule has 3 heteroatoms. The number of nitrogens with one attached hydrogen (secondary N) is 1. The third kappa shape index (κ3) is 2.28. The van der Waals surface area contributed by atoms with Gasteiger partial charge in [-0.05, 0) is 30.8 Å². The highest BCUT2D eigenvalue weighted by molar-refractivity contribution is 5.78. The lowest BCUT2D eigenvalue weighted by Gasteiger charge is -2.18. The van der Waals surface area contributed by atoms with E-state index in [9.17, 15) is 4.39 Å². The van der Waals surface area contributed by atoms with Crippen molar-refractivity contribution in [3.8, 4) is 0 Å². The Labute approximate surface area is 117 Å². The second-order valence-corrected chi connectivity index (χ2v) is 4.70. The molecule has 1 heterocycles. The summed E-state index contributed by atoms with van der Waals surface area (Å²) >= 11 is 0. The van der Waals surface area contributed by atoms with Gasteiger partial charge in [0.1, 0.15) is 5.82 Å². The molecular formula is C17H15FN2. The maximum atomic E-state index is 14.0. The van der Waals surface area contributed by atoms with Crippen LogP contribution in [0.4, 0.5) is 4.39 Å². The van der Waals surface area contributed by atoms with E-state index in [1.807, 2.05) is 37.4 Å². The van der Waals surface area contributed by atoms with Crippen LogP contribution < -0.4 is 5.32 Å². The van der Waals surface area contributed by atoms with Gasteiger partial charge in [-0.25, -0.2) is 4.39 Å². The number of nitrogens with zero attached hydrogens (tertiary/aromatic N) is 1. The second-order valence-electron chi connectivity index (χ2n) is 4.70. The normalized spacial score (nSPS) is 12.5. The van der Waals surface area contributed by atoms with Gasteiger partial charge >= 0.3 is 0 Å². The molecule has 20 heavy (non-hydrogen) atoms. The standard InChI is InChI=1S/C17H15FN2/c1-19-17(14-7-3-4-8-15(14)18)13-10-12-6-2-5-9-16(12)20-11-13/h2-11,17,19H,1H3. The third-order valence-corrected chi connectivity index (χ3v) is 3.45. The molecule has 0 saturated heterocycles. The molecule has 1 N–H and O–H groups in total. The summed E-state index contributed by atoms with van der Waals surface area (Å²) < 4.78 is 14.0. The van der Waals surface area contributed by atoms with E-state index >= 15 is 0 Å². The number of halogens is 1. The summed E-state index contributed by atoms with van der Waals surface area (Å²) in [6.45, 7) is 0. The predicted octanol–water partition coefficient (Wildman–Crippen LogP) is 3.68. The van der Waals surface area contributed by atoms with Crippen LogP contribution in [0.1, 0.15) is 17.2 Å². The highest BCUT2D eigenvalue weighted by atomic mass is 19.1. The van der Waals surface area contributed by atoms with Gasteiger partial charge in [-0.15, -0.1) is 0 Å². The molecule has 0 bridgehead atoms. The molecule has 0 radical (unpaired) electrons. The molecule has 0 saturated carbocycles. The van der Waals surface area contributed by atoms with Crippen LogP contribution in [0, 0.1) is 5.82 Å². The molecule has 0 amide bonds. The van der Waals surface area contributed by atoms with Gasteiger partial charge in [0.25, 0.3) is 0 Å². The van der Waals surface area contributed by atoms with E-state index in [0.717, 1.165) is 16.5 Å². The van der Waals surface area contributed by atoms with E-state index in [4.69, 9.17) is 0 Å². The van der Waals surface area contributed by atoms with Crippen LogP contribution in [0.5, 0.6) is 0 Å². The fraction of sp³-hybridized carbons (Fsp3) is 0.118. The molecule has 100 valence electrons. The minimum Gasteiger partial charge on any atom is -0.309 e. The minimum absolute atomic E-state index is 0.201. The van der Waals surface area contributed by atoms with Gasteiger partial charge in [0.2, 0.25) is 0 Å². The molecule has 1 unspecified atom stereocenters. The Morgan fingerprint density at radius 3 is 2.60 bits per heavy atom. The van der Waals surface area contributed by atoms with Gasteiger partial charge in [-0.1, -0.05) is 36.4 Å². The highest BCUT2D eigenvalue weighted by Gasteiger charge is 2.16. The Morgan fingerprint density at radius 1 is 1.05 bits per heavy atom. The van der Waals surface area contributed by atoms with E-state index in [2.05, 4.69) is 16.4 Å². The summed E-state index contributed by atoms with van der Waals surface area (Å²) in [4.78, 5) is 4.44. The number of para-hydroxylation sites is 1. The molecule has 0 aliphatic carbocycles.